The summed E-state index contributed by atoms with van der Waals surface area (Å²) in [6.07, 6.45) is 0.249. The normalized spacial score (nSPS) is 13.5. The molecule has 106 valence electrons. The van der Waals surface area contributed by atoms with Crippen LogP contribution >= 0.6 is 22.6 Å². The largest absolute Gasteiger partial charge is 0.480 e. The Morgan fingerprint density at radius 1 is 1.32 bits per heavy atom. The van der Waals surface area contributed by atoms with Crippen molar-refractivity contribution in [2.75, 3.05) is 0 Å². The van der Waals surface area contributed by atoms with E-state index in [1.165, 1.54) is 12.1 Å². The van der Waals surface area contributed by atoms with Crippen molar-refractivity contribution >= 4 is 38.6 Å². The maximum absolute atomic E-state index is 12.1. The molecule has 0 saturated carbocycles. The Labute approximate surface area is 126 Å². The second kappa shape index (κ2) is 6.67. The van der Waals surface area contributed by atoms with Gasteiger partial charge in [0.1, 0.15) is 6.04 Å². The van der Waals surface area contributed by atoms with E-state index < -0.39 is 22.0 Å². The second-order valence-corrected chi connectivity index (χ2v) is 7.56. The quantitative estimate of drug-likeness (QED) is 0.720. The third-order valence-corrected chi connectivity index (χ3v) is 4.63. The van der Waals surface area contributed by atoms with Crippen LogP contribution in [-0.4, -0.2) is 25.5 Å². The first kappa shape index (κ1) is 16.4. The number of carboxylic acid groups (broad SMARTS) is 1. The molecule has 0 aliphatic heterocycles. The van der Waals surface area contributed by atoms with Crippen molar-refractivity contribution in [2.45, 2.75) is 31.2 Å². The Kier molecular flexibility index (Phi) is 5.75. The van der Waals surface area contributed by atoms with Gasteiger partial charge in [0.25, 0.3) is 0 Å². The van der Waals surface area contributed by atoms with Gasteiger partial charge in [0.05, 0.1) is 4.90 Å². The van der Waals surface area contributed by atoms with Gasteiger partial charge in [0.2, 0.25) is 10.0 Å². The van der Waals surface area contributed by atoms with Gasteiger partial charge in [-0.2, -0.15) is 4.72 Å². The average molecular weight is 397 g/mol. The van der Waals surface area contributed by atoms with Gasteiger partial charge in [-0.3, -0.25) is 4.79 Å². The smallest absolute Gasteiger partial charge is 0.321 e. The van der Waals surface area contributed by atoms with E-state index >= 15 is 0 Å². The predicted molar refractivity (Wildman–Crippen MR) is 80.4 cm³/mol. The predicted octanol–water partition coefficient (Wildman–Crippen LogP) is 2.07. The van der Waals surface area contributed by atoms with Crippen LogP contribution in [0.1, 0.15) is 20.3 Å². The summed E-state index contributed by atoms with van der Waals surface area (Å²) in [5, 5.41) is 9.05. The summed E-state index contributed by atoms with van der Waals surface area (Å²) >= 11 is 2.07. The summed E-state index contributed by atoms with van der Waals surface area (Å²) in [6, 6.07) is 5.13. The van der Waals surface area contributed by atoms with Crippen molar-refractivity contribution in [2.24, 2.45) is 5.92 Å². The van der Waals surface area contributed by atoms with Gasteiger partial charge in [0.15, 0.2) is 0 Å². The summed E-state index contributed by atoms with van der Waals surface area (Å²) in [5.41, 5.74) is 0. The minimum Gasteiger partial charge on any atom is -0.480 e. The van der Waals surface area contributed by atoms with Gasteiger partial charge >= 0.3 is 5.97 Å². The first-order chi connectivity index (χ1) is 8.72. The maximum Gasteiger partial charge on any atom is 0.321 e. The molecule has 0 heterocycles. The number of benzene rings is 1. The SMILES string of the molecule is CC(C)C[C@@H](NS(=O)(=O)c1ccc(I)cc1)C(=O)O. The van der Waals surface area contributed by atoms with Crippen LogP contribution in [0.5, 0.6) is 0 Å². The zero-order valence-corrected chi connectivity index (χ0v) is 13.6. The summed E-state index contributed by atoms with van der Waals surface area (Å²) in [5.74, 6) is -1.08. The van der Waals surface area contributed by atoms with E-state index in [0.717, 1.165) is 3.57 Å². The number of halogens is 1. The molecule has 0 aliphatic rings. The zero-order valence-electron chi connectivity index (χ0n) is 10.6. The molecule has 19 heavy (non-hydrogen) atoms. The average Bonchev–Trinajstić information content (AvgIpc) is 2.27. The van der Waals surface area contributed by atoms with E-state index in [1.807, 2.05) is 13.8 Å². The van der Waals surface area contributed by atoms with Crippen molar-refractivity contribution < 1.29 is 18.3 Å². The van der Waals surface area contributed by atoms with Gasteiger partial charge in [0, 0.05) is 3.57 Å². The van der Waals surface area contributed by atoms with Crippen LogP contribution in [0, 0.1) is 9.49 Å². The molecule has 1 aromatic rings. The molecule has 1 atom stereocenters. The molecule has 7 heteroatoms. The molecule has 0 unspecified atom stereocenters. The van der Waals surface area contributed by atoms with E-state index in [0.29, 0.717) is 0 Å². The van der Waals surface area contributed by atoms with Crippen LogP contribution in [0.25, 0.3) is 0 Å². The van der Waals surface area contributed by atoms with E-state index in [-0.39, 0.29) is 17.2 Å². The Morgan fingerprint density at radius 2 is 1.84 bits per heavy atom. The first-order valence-electron chi connectivity index (χ1n) is 5.73. The fraction of sp³-hybridized carbons (Fsp3) is 0.417. The van der Waals surface area contributed by atoms with Gasteiger partial charge in [-0.1, -0.05) is 13.8 Å². The number of rotatable bonds is 6. The molecule has 0 saturated heterocycles. The Balaban J connectivity index is 2.94. The fourth-order valence-electron chi connectivity index (χ4n) is 1.54. The topological polar surface area (TPSA) is 83.5 Å². The highest BCUT2D eigenvalue weighted by Crippen LogP contribution is 2.14. The van der Waals surface area contributed by atoms with Crippen molar-refractivity contribution in [1.29, 1.82) is 0 Å². The number of hydrogen-bond acceptors (Lipinski definition) is 3. The molecule has 2 N–H and O–H groups in total. The number of sulfonamides is 1. The summed E-state index contributed by atoms with van der Waals surface area (Å²) in [7, 11) is -3.80. The fourth-order valence-corrected chi connectivity index (χ4v) is 3.10. The molecule has 0 radical (unpaired) electrons. The van der Waals surface area contributed by atoms with Crippen molar-refractivity contribution in [3.63, 3.8) is 0 Å². The Bertz CT molecular complexity index is 539. The third-order valence-electron chi connectivity index (χ3n) is 2.43. The highest BCUT2D eigenvalue weighted by molar-refractivity contribution is 14.1. The molecule has 0 fully saturated rings. The third kappa shape index (κ3) is 5.07. The maximum atomic E-state index is 12.1. The lowest BCUT2D eigenvalue weighted by atomic mass is 10.1. The van der Waals surface area contributed by atoms with Gasteiger partial charge in [-0.05, 0) is 59.2 Å². The van der Waals surface area contributed by atoms with E-state index in [2.05, 4.69) is 27.3 Å². The summed E-state index contributed by atoms with van der Waals surface area (Å²) in [4.78, 5) is 11.1. The molecule has 0 bridgehead atoms. The Hall–Kier alpha value is -0.670. The molecule has 5 nitrogen and oxygen atoms in total. The number of carbonyl (C=O) groups is 1. The van der Waals surface area contributed by atoms with E-state index in [1.54, 1.807) is 12.1 Å². The first-order valence-corrected chi connectivity index (χ1v) is 8.29. The van der Waals surface area contributed by atoms with Crippen molar-refractivity contribution in [1.82, 2.24) is 4.72 Å². The minimum atomic E-state index is -3.80. The monoisotopic (exact) mass is 397 g/mol. The lowest BCUT2D eigenvalue weighted by Crippen LogP contribution is -2.41. The highest BCUT2D eigenvalue weighted by Gasteiger charge is 2.25. The van der Waals surface area contributed by atoms with Crippen LogP contribution in [0.3, 0.4) is 0 Å². The number of aliphatic carboxylic acids is 1. The van der Waals surface area contributed by atoms with E-state index in [4.69, 9.17) is 5.11 Å². The zero-order chi connectivity index (χ0) is 14.6. The van der Waals surface area contributed by atoms with E-state index in [9.17, 15) is 13.2 Å². The molecule has 0 spiro atoms. The summed E-state index contributed by atoms with van der Waals surface area (Å²) < 4.78 is 27.3. The van der Waals surface area contributed by atoms with Crippen LogP contribution in [0.4, 0.5) is 0 Å². The molecule has 0 aliphatic carbocycles. The number of carboxylic acids is 1. The molecular formula is C12H16INO4S. The molecular weight excluding hydrogens is 381 g/mol. The van der Waals surface area contributed by atoms with Crippen LogP contribution in [0.2, 0.25) is 0 Å². The number of nitrogens with one attached hydrogen (secondary N) is 1. The standard InChI is InChI=1S/C12H16INO4S/c1-8(2)7-11(12(15)16)14-19(17,18)10-5-3-9(13)4-6-10/h3-6,8,11,14H,7H2,1-2H3,(H,15,16)/t11-/m1/s1. The van der Waals surface area contributed by atoms with Crippen LogP contribution < -0.4 is 4.72 Å². The second-order valence-electron chi connectivity index (χ2n) is 4.60. The highest BCUT2D eigenvalue weighted by atomic mass is 127. The lowest BCUT2D eigenvalue weighted by Gasteiger charge is -2.16. The molecule has 0 aromatic heterocycles. The minimum absolute atomic E-state index is 0.0722. The number of hydrogen-bond donors (Lipinski definition) is 2. The van der Waals surface area contributed by atoms with Crippen molar-refractivity contribution in [3.05, 3.63) is 27.8 Å². The Morgan fingerprint density at radius 3 is 2.26 bits per heavy atom. The molecule has 1 rings (SSSR count). The van der Waals surface area contributed by atoms with Gasteiger partial charge < -0.3 is 5.11 Å². The van der Waals surface area contributed by atoms with Crippen LogP contribution in [-0.2, 0) is 14.8 Å². The van der Waals surface area contributed by atoms with Crippen molar-refractivity contribution in [3.8, 4) is 0 Å². The van der Waals surface area contributed by atoms with Gasteiger partial charge in [-0.15, -0.1) is 0 Å². The van der Waals surface area contributed by atoms with Gasteiger partial charge in [-0.25, -0.2) is 8.42 Å². The molecule has 1 aromatic carbocycles. The summed E-state index contributed by atoms with van der Waals surface area (Å²) in [6.45, 7) is 3.68. The molecule has 0 amide bonds. The lowest BCUT2D eigenvalue weighted by molar-refractivity contribution is -0.139. The van der Waals surface area contributed by atoms with Crippen LogP contribution in [0.15, 0.2) is 29.2 Å².